The molecule has 0 radical (unpaired) electrons. The molecule has 30 heavy (non-hydrogen) atoms. The third kappa shape index (κ3) is 5.95. The van der Waals surface area contributed by atoms with Crippen LogP contribution in [0.15, 0.2) is 24.3 Å². The number of anilines is 2. The van der Waals surface area contributed by atoms with Crippen molar-refractivity contribution < 1.29 is 13.2 Å². The first-order valence-electron chi connectivity index (χ1n) is 11.1. The number of carbonyl (C=O) groups excluding carboxylic acids is 1. The van der Waals surface area contributed by atoms with Gasteiger partial charge >= 0.3 is 0 Å². The van der Waals surface area contributed by atoms with Gasteiger partial charge in [-0.05, 0) is 76.9 Å². The zero-order chi connectivity index (χ0) is 21.7. The van der Waals surface area contributed by atoms with Crippen LogP contribution in [0.5, 0.6) is 0 Å². The van der Waals surface area contributed by atoms with Crippen molar-refractivity contribution in [3.05, 3.63) is 24.3 Å². The molecular weight excluding hydrogens is 400 g/mol. The van der Waals surface area contributed by atoms with E-state index >= 15 is 0 Å². The van der Waals surface area contributed by atoms with E-state index in [1.807, 2.05) is 12.1 Å². The van der Waals surface area contributed by atoms with E-state index in [1.54, 1.807) is 6.92 Å². The molecule has 1 aromatic rings. The van der Waals surface area contributed by atoms with Crippen molar-refractivity contribution in [3.8, 4) is 0 Å². The number of piperidine rings is 2. The minimum Gasteiger partial charge on any atom is -0.372 e. The summed E-state index contributed by atoms with van der Waals surface area (Å²) in [5.41, 5.74) is 2.00. The lowest BCUT2D eigenvalue weighted by atomic mass is 9.96. The van der Waals surface area contributed by atoms with Crippen molar-refractivity contribution in [2.24, 2.45) is 11.8 Å². The topological polar surface area (TPSA) is 73.0 Å². The summed E-state index contributed by atoms with van der Waals surface area (Å²) in [5.74, 6) is 0.738. The molecule has 2 heterocycles. The molecule has 1 aromatic carbocycles. The molecule has 0 bridgehead atoms. The Balaban J connectivity index is 1.47. The third-order valence-corrected chi connectivity index (χ3v) is 8.20. The number of benzene rings is 1. The van der Waals surface area contributed by atoms with Crippen LogP contribution >= 0.6 is 0 Å². The monoisotopic (exact) mass is 436 g/mol. The average molecular weight is 437 g/mol. The van der Waals surface area contributed by atoms with Gasteiger partial charge in [0.25, 0.3) is 0 Å². The van der Waals surface area contributed by atoms with Crippen molar-refractivity contribution in [1.82, 2.24) is 9.21 Å². The van der Waals surface area contributed by atoms with Crippen LogP contribution in [-0.2, 0) is 14.8 Å². The Kier molecular flexibility index (Phi) is 7.76. The number of hydrogen-bond acceptors (Lipinski definition) is 5. The summed E-state index contributed by atoms with van der Waals surface area (Å²) in [6, 6.07) is 8.10. The van der Waals surface area contributed by atoms with E-state index in [9.17, 15) is 13.2 Å². The quantitative estimate of drug-likeness (QED) is 0.711. The van der Waals surface area contributed by atoms with Gasteiger partial charge in [0, 0.05) is 50.0 Å². The summed E-state index contributed by atoms with van der Waals surface area (Å²) in [6.45, 7) is 5.81. The molecule has 2 saturated heterocycles. The second-order valence-corrected chi connectivity index (χ2v) is 11.1. The van der Waals surface area contributed by atoms with Crippen LogP contribution in [0, 0.1) is 11.8 Å². The molecule has 0 aromatic heterocycles. The third-order valence-electron chi connectivity index (χ3n) is 6.32. The molecule has 0 atom stereocenters. The first kappa shape index (κ1) is 23.0. The van der Waals surface area contributed by atoms with E-state index in [0.717, 1.165) is 31.2 Å². The Morgan fingerprint density at radius 1 is 1.03 bits per heavy atom. The summed E-state index contributed by atoms with van der Waals surface area (Å²) in [4.78, 5) is 17.3. The van der Waals surface area contributed by atoms with E-state index in [2.05, 4.69) is 41.3 Å². The lowest BCUT2D eigenvalue weighted by molar-refractivity contribution is -0.120. The van der Waals surface area contributed by atoms with Gasteiger partial charge in [0.15, 0.2) is 0 Å². The standard InChI is InChI=1S/C22H36N4O3S/c1-4-30(28,29)26-15-11-19(12-16-26)22(27)23-20-5-7-21(8-6-20)25-13-9-18(10-14-25)17-24(2)3/h5-8,18-19H,4,9-17H2,1-3H3,(H,23,27). The molecule has 0 saturated carbocycles. The fraction of sp³-hybridized carbons (Fsp3) is 0.682. The maximum absolute atomic E-state index is 12.6. The second-order valence-electron chi connectivity index (χ2n) is 8.80. The summed E-state index contributed by atoms with van der Waals surface area (Å²) < 4.78 is 25.4. The minimum absolute atomic E-state index is 0.0132. The van der Waals surface area contributed by atoms with Gasteiger partial charge in [-0.1, -0.05) is 0 Å². The minimum atomic E-state index is -3.16. The highest BCUT2D eigenvalue weighted by Gasteiger charge is 2.30. The molecular formula is C22H36N4O3S. The van der Waals surface area contributed by atoms with Crippen molar-refractivity contribution in [3.63, 3.8) is 0 Å². The van der Waals surface area contributed by atoms with Gasteiger partial charge in [-0.2, -0.15) is 0 Å². The molecule has 2 aliphatic rings. The van der Waals surface area contributed by atoms with Crippen LogP contribution in [0.3, 0.4) is 0 Å². The average Bonchev–Trinajstić information content (AvgIpc) is 2.74. The SMILES string of the molecule is CCS(=O)(=O)N1CCC(C(=O)Nc2ccc(N3CCC(CN(C)C)CC3)cc2)CC1. The normalized spacial score (nSPS) is 19.9. The molecule has 0 aliphatic carbocycles. The van der Waals surface area contributed by atoms with Gasteiger partial charge in [-0.15, -0.1) is 0 Å². The first-order chi connectivity index (χ1) is 14.3. The Morgan fingerprint density at radius 2 is 1.63 bits per heavy atom. The highest BCUT2D eigenvalue weighted by atomic mass is 32.2. The van der Waals surface area contributed by atoms with Gasteiger partial charge in [0.2, 0.25) is 15.9 Å². The molecule has 7 nitrogen and oxygen atoms in total. The van der Waals surface area contributed by atoms with Crippen molar-refractivity contribution in [1.29, 1.82) is 0 Å². The van der Waals surface area contributed by atoms with Gasteiger partial charge in [-0.25, -0.2) is 12.7 Å². The van der Waals surface area contributed by atoms with E-state index in [4.69, 9.17) is 0 Å². The number of sulfonamides is 1. The number of rotatable bonds is 7. The molecule has 8 heteroatoms. The van der Waals surface area contributed by atoms with Gasteiger partial charge < -0.3 is 15.1 Å². The van der Waals surface area contributed by atoms with Crippen molar-refractivity contribution in [2.45, 2.75) is 32.6 Å². The van der Waals surface area contributed by atoms with Crippen molar-refractivity contribution >= 4 is 27.3 Å². The summed E-state index contributed by atoms with van der Waals surface area (Å²) >= 11 is 0. The molecule has 1 N–H and O–H groups in total. The fourth-order valence-electron chi connectivity index (χ4n) is 4.47. The Morgan fingerprint density at radius 3 is 2.17 bits per heavy atom. The van der Waals surface area contributed by atoms with Gasteiger partial charge in [-0.3, -0.25) is 4.79 Å². The number of nitrogens with one attached hydrogen (secondary N) is 1. The largest absolute Gasteiger partial charge is 0.372 e. The maximum atomic E-state index is 12.6. The lowest BCUT2D eigenvalue weighted by Crippen LogP contribution is -2.42. The number of amides is 1. The first-order valence-corrected chi connectivity index (χ1v) is 12.7. The zero-order valence-electron chi connectivity index (χ0n) is 18.5. The van der Waals surface area contributed by atoms with Crippen LogP contribution in [0.25, 0.3) is 0 Å². The van der Waals surface area contributed by atoms with E-state index < -0.39 is 10.0 Å². The highest BCUT2D eigenvalue weighted by Crippen LogP contribution is 2.26. The fourth-order valence-corrected chi connectivity index (χ4v) is 5.60. The highest BCUT2D eigenvalue weighted by molar-refractivity contribution is 7.89. The van der Waals surface area contributed by atoms with E-state index in [1.165, 1.54) is 22.8 Å². The summed E-state index contributed by atoms with van der Waals surface area (Å²) in [5, 5.41) is 3.01. The van der Waals surface area contributed by atoms with Crippen LogP contribution in [0.1, 0.15) is 32.6 Å². The molecule has 0 unspecified atom stereocenters. The van der Waals surface area contributed by atoms with Crippen molar-refractivity contribution in [2.75, 3.05) is 62.8 Å². The molecule has 0 spiro atoms. The van der Waals surface area contributed by atoms with E-state index in [-0.39, 0.29) is 17.6 Å². The predicted octanol–water partition coefficient (Wildman–Crippen LogP) is 2.46. The summed E-state index contributed by atoms with van der Waals surface area (Å²) in [6.07, 6.45) is 3.57. The molecule has 3 rings (SSSR count). The zero-order valence-corrected chi connectivity index (χ0v) is 19.3. The Bertz CT molecular complexity index is 794. The van der Waals surface area contributed by atoms with Crippen LogP contribution in [0.4, 0.5) is 11.4 Å². The van der Waals surface area contributed by atoms with E-state index in [0.29, 0.717) is 25.9 Å². The number of nitrogens with zero attached hydrogens (tertiary/aromatic N) is 3. The smallest absolute Gasteiger partial charge is 0.227 e. The maximum Gasteiger partial charge on any atom is 0.227 e. The number of carbonyl (C=O) groups is 1. The van der Waals surface area contributed by atoms with Gasteiger partial charge in [0.05, 0.1) is 5.75 Å². The predicted molar refractivity (Wildman–Crippen MR) is 122 cm³/mol. The van der Waals surface area contributed by atoms with Crippen LogP contribution in [0.2, 0.25) is 0 Å². The molecule has 2 fully saturated rings. The summed E-state index contributed by atoms with van der Waals surface area (Å²) in [7, 11) is 1.11. The van der Waals surface area contributed by atoms with Crippen LogP contribution < -0.4 is 10.2 Å². The van der Waals surface area contributed by atoms with Gasteiger partial charge in [0.1, 0.15) is 0 Å². The molecule has 168 valence electrons. The number of hydrogen-bond donors (Lipinski definition) is 1. The lowest BCUT2D eigenvalue weighted by Gasteiger charge is -2.34. The van der Waals surface area contributed by atoms with Crippen LogP contribution in [-0.4, -0.2) is 76.1 Å². The Hall–Kier alpha value is -1.64. The molecule has 1 amide bonds. The Labute approximate surface area is 181 Å². The second kappa shape index (κ2) is 10.1. The molecule has 2 aliphatic heterocycles.